The lowest BCUT2D eigenvalue weighted by atomic mass is 10.0. The van der Waals surface area contributed by atoms with Gasteiger partial charge in [0.2, 0.25) is 0 Å². The van der Waals surface area contributed by atoms with E-state index in [1.165, 1.54) is 43.4 Å². The molecule has 1 aliphatic rings. The Morgan fingerprint density at radius 3 is 2.33 bits per heavy atom. The largest absolute Gasteiger partial charge is 0.308 e. The van der Waals surface area contributed by atoms with Gasteiger partial charge in [0.1, 0.15) is 0 Å². The Morgan fingerprint density at radius 1 is 1.10 bits per heavy atom. The first-order chi connectivity index (χ1) is 9.94. The van der Waals surface area contributed by atoms with Crippen LogP contribution in [0, 0.1) is 5.92 Å². The Labute approximate surface area is 130 Å². The first-order valence-electron chi connectivity index (χ1n) is 8.44. The predicted octanol–water partition coefficient (Wildman–Crippen LogP) is 4.20. The van der Waals surface area contributed by atoms with Gasteiger partial charge in [0, 0.05) is 25.2 Å². The van der Waals surface area contributed by atoms with E-state index in [9.17, 15) is 0 Å². The normalized spacial score (nSPS) is 16.8. The summed E-state index contributed by atoms with van der Waals surface area (Å²) < 4.78 is 0. The molecule has 0 unspecified atom stereocenters. The Hall–Kier alpha value is -0.860. The average molecular weight is 288 g/mol. The molecule has 1 aliphatic carbocycles. The molecule has 21 heavy (non-hydrogen) atoms. The SMILES string of the molecule is CN(Cc1ccccc1CNC(C)(C)C)CC1CCCC1. The van der Waals surface area contributed by atoms with E-state index in [1.54, 1.807) is 0 Å². The van der Waals surface area contributed by atoms with Gasteiger partial charge in [0.15, 0.2) is 0 Å². The van der Waals surface area contributed by atoms with E-state index in [0.717, 1.165) is 19.0 Å². The van der Waals surface area contributed by atoms with Gasteiger partial charge in [-0.2, -0.15) is 0 Å². The Kier molecular flexibility index (Phi) is 5.83. The van der Waals surface area contributed by atoms with Gasteiger partial charge in [0.05, 0.1) is 0 Å². The minimum absolute atomic E-state index is 0.170. The molecule has 2 nitrogen and oxygen atoms in total. The summed E-state index contributed by atoms with van der Waals surface area (Å²) in [6, 6.07) is 8.86. The molecule has 0 amide bonds. The van der Waals surface area contributed by atoms with Crippen LogP contribution in [-0.4, -0.2) is 24.0 Å². The highest BCUT2D eigenvalue weighted by atomic mass is 15.1. The average Bonchev–Trinajstić information content (AvgIpc) is 2.89. The lowest BCUT2D eigenvalue weighted by Gasteiger charge is -2.24. The van der Waals surface area contributed by atoms with Crippen molar-refractivity contribution in [3.63, 3.8) is 0 Å². The van der Waals surface area contributed by atoms with E-state index >= 15 is 0 Å². The van der Waals surface area contributed by atoms with Crippen LogP contribution in [0.3, 0.4) is 0 Å². The lowest BCUT2D eigenvalue weighted by molar-refractivity contribution is 0.270. The molecular weight excluding hydrogens is 256 g/mol. The molecule has 1 aromatic rings. The monoisotopic (exact) mass is 288 g/mol. The van der Waals surface area contributed by atoms with Gasteiger partial charge in [-0.1, -0.05) is 37.1 Å². The maximum atomic E-state index is 3.61. The van der Waals surface area contributed by atoms with Crippen molar-refractivity contribution < 1.29 is 0 Å². The third-order valence-electron chi connectivity index (χ3n) is 4.41. The quantitative estimate of drug-likeness (QED) is 0.844. The first-order valence-corrected chi connectivity index (χ1v) is 8.44. The number of nitrogens with zero attached hydrogens (tertiary/aromatic N) is 1. The van der Waals surface area contributed by atoms with Crippen LogP contribution in [0.2, 0.25) is 0 Å². The van der Waals surface area contributed by atoms with Crippen molar-refractivity contribution >= 4 is 0 Å². The molecular formula is C19H32N2. The summed E-state index contributed by atoms with van der Waals surface area (Å²) >= 11 is 0. The van der Waals surface area contributed by atoms with Crippen LogP contribution >= 0.6 is 0 Å². The minimum atomic E-state index is 0.170. The highest BCUT2D eigenvalue weighted by Gasteiger charge is 2.17. The minimum Gasteiger partial charge on any atom is -0.308 e. The maximum Gasteiger partial charge on any atom is 0.0234 e. The number of hydrogen-bond acceptors (Lipinski definition) is 2. The van der Waals surface area contributed by atoms with Crippen LogP contribution in [0.4, 0.5) is 0 Å². The highest BCUT2D eigenvalue weighted by molar-refractivity contribution is 5.27. The first kappa shape index (κ1) is 16.5. The fourth-order valence-electron chi connectivity index (χ4n) is 3.23. The van der Waals surface area contributed by atoms with Crippen LogP contribution in [0.5, 0.6) is 0 Å². The van der Waals surface area contributed by atoms with Crippen LogP contribution < -0.4 is 5.32 Å². The second kappa shape index (κ2) is 7.42. The molecule has 0 atom stereocenters. The third kappa shape index (κ3) is 5.80. The van der Waals surface area contributed by atoms with Crippen molar-refractivity contribution in [2.24, 2.45) is 5.92 Å². The third-order valence-corrected chi connectivity index (χ3v) is 4.41. The number of nitrogens with one attached hydrogen (secondary N) is 1. The number of benzene rings is 1. The van der Waals surface area contributed by atoms with Crippen LogP contribution in [0.15, 0.2) is 24.3 Å². The Morgan fingerprint density at radius 2 is 1.71 bits per heavy atom. The predicted molar refractivity (Wildman–Crippen MR) is 91.3 cm³/mol. The van der Waals surface area contributed by atoms with E-state index in [2.05, 4.69) is 62.3 Å². The van der Waals surface area contributed by atoms with E-state index in [1.807, 2.05) is 0 Å². The van der Waals surface area contributed by atoms with Crippen molar-refractivity contribution in [1.29, 1.82) is 0 Å². The van der Waals surface area contributed by atoms with Gasteiger partial charge < -0.3 is 10.2 Å². The number of rotatable bonds is 6. The zero-order valence-electron chi connectivity index (χ0n) is 14.3. The van der Waals surface area contributed by atoms with Crippen molar-refractivity contribution in [1.82, 2.24) is 10.2 Å². The van der Waals surface area contributed by atoms with Crippen molar-refractivity contribution in [2.75, 3.05) is 13.6 Å². The molecule has 0 aromatic heterocycles. The van der Waals surface area contributed by atoms with E-state index in [0.29, 0.717) is 0 Å². The van der Waals surface area contributed by atoms with Crippen molar-refractivity contribution in [2.45, 2.75) is 65.1 Å². The topological polar surface area (TPSA) is 15.3 Å². The maximum absolute atomic E-state index is 3.61. The molecule has 0 spiro atoms. The second-order valence-corrected chi connectivity index (χ2v) is 7.72. The molecule has 1 N–H and O–H groups in total. The molecule has 0 heterocycles. The van der Waals surface area contributed by atoms with Crippen molar-refractivity contribution in [3.8, 4) is 0 Å². The molecule has 1 fully saturated rings. The summed E-state index contributed by atoms with van der Waals surface area (Å²) in [7, 11) is 2.27. The molecule has 0 radical (unpaired) electrons. The van der Waals surface area contributed by atoms with Crippen molar-refractivity contribution in [3.05, 3.63) is 35.4 Å². The fraction of sp³-hybridized carbons (Fsp3) is 0.684. The van der Waals surface area contributed by atoms with Gasteiger partial charge in [-0.3, -0.25) is 0 Å². The van der Waals surface area contributed by atoms with Gasteiger partial charge in [-0.15, -0.1) is 0 Å². The highest BCUT2D eigenvalue weighted by Crippen LogP contribution is 2.25. The van der Waals surface area contributed by atoms with Gasteiger partial charge in [-0.05, 0) is 57.7 Å². The van der Waals surface area contributed by atoms with Crippen LogP contribution in [0.25, 0.3) is 0 Å². The summed E-state index contributed by atoms with van der Waals surface area (Å²) in [5, 5.41) is 3.61. The van der Waals surface area contributed by atoms with E-state index in [4.69, 9.17) is 0 Å². The lowest BCUT2D eigenvalue weighted by Crippen LogP contribution is -2.35. The molecule has 2 rings (SSSR count). The molecule has 2 heteroatoms. The summed E-state index contributed by atoms with van der Waals surface area (Å²) in [4.78, 5) is 2.51. The van der Waals surface area contributed by atoms with Gasteiger partial charge in [-0.25, -0.2) is 0 Å². The Bertz CT molecular complexity index is 427. The Balaban J connectivity index is 1.92. The smallest absolute Gasteiger partial charge is 0.0234 e. The molecule has 0 saturated heterocycles. The molecule has 1 aromatic carbocycles. The van der Waals surface area contributed by atoms with E-state index in [-0.39, 0.29) is 5.54 Å². The number of hydrogen-bond donors (Lipinski definition) is 1. The molecule has 0 bridgehead atoms. The summed E-state index contributed by atoms with van der Waals surface area (Å²) in [5.74, 6) is 0.926. The van der Waals surface area contributed by atoms with Gasteiger partial charge in [0.25, 0.3) is 0 Å². The van der Waals surface area contributed by atoms with Crippen LogP contribution in [0.1, 0.15) is 57.6 Å². The van der Waals surface area contributed by atoms with Gasteiger partial charge >= 0.3 is 0 Å². The summed E-state index contributed by atoms with van der Waals surface area (Å²) in [6.45, 7) is 9.95. The van der Waals surface area contributed by atoms with E-state index < -0.39 is 0 Å². The summed E-state index contributed by atoms with van der Waals surface area (Å²) in [5.41, 5.74) is 3.07. The standard InChI is InChI=1S/C19H32N2/c1-19(2,3)20-13-17-11-7-8-12-18(17)15-21(4)14-16-9-5-6-10-16/h7-8,11-12,16,20H,5-6,9-10,13-15H2,1-4H3. The second-order valence-electron chi connectivity index (χ2n) is 7.72. The fourth-order valence-corrected chi connectivity index (χ4v) is 3.23. The zero-order chi connectivity index (χ0) is 15.3. The van der Waals surface area contributed by atoms with Crippen LogP contribution in [-0.2, 0) is 13.1 Å². The molecule has 0 aliphatic heterocycles. The molecule has 118 valence electrons. The zero-order valence-corrected chi connectivity index (χ0v) is 14.3. The summed E-state index contributed by atoms with van der Waals surface area (Å²) in [6.07, 6.45) is 5.73. The molecule has 1 saturated carbocycles.